The van der Waals surface area contributed by atoms with Crippen molar-refractivity contribution in [3.8, 4) is 11.8 Å². The van der Waals surface area contributed by atoms with Gasteiger partial charge in [0.2, 0.25) is 0 Å². The number of nitrogens with one attached hydrogen (secondary N) is 1. The van der Waals surface area contributed by atoms with Crippen LogP contribution in [0.3, 0.4) is 0 Å². The Morgan fingerprint density at radius 2 is 1.84 bits per heavy atom. The smallest absolute Gasteiger partial charge is 0.339 e. The minimum Gasteiger partial charge on any atom is -0.378 e. The molecule has 1 amide bonds. The van der Waals surface area contributed by atoms with Crippen LogP contribution >= 0.6 is 27.5 Å². The van der Waals surface area contributed by atoms with E-state index in [2.05, 4.69) is 21.2 Å². The van der Waals surface area contributed by atoms with Gasteiger partial charge in [-0.2, -0.15) is 13.7 Å². The van der Waals surface area contributed by atoms with Crippen LogP contribution in [0.4, 0.5) is 5.69 Å². The molecule has 162 valence electrons. The molecule has 0 saturated heterocycles. The van der Waals surface area contributed by atoms with Crippen LogP contribution in [0.1, 0.15) is 11.1 Å². The molecule has 0 unspecified atom stereocenters. The van der Waals surface area contributed by atoms with Gasteiger partial charge >= 0.3 is 10.1 Å². The molecule has 3 aromatic rings. The largest absolute Gasteiger partial charge is 0.378 e. The first-order valence-corrected chi connectivity index (χ1v) is 11.8. The quantitative estimate of drug-likeness (QED) is 0.249. The first-order valence-electron chi connectivity index (χ1n) is 9.17. The fourth-order valence-electron chi connectivity index (χ4n) is 2.65. The van der Waals surface area contributed by atoms with E-state index in [1.807, 2.05) is 13.0 Å². The predicted molar refractivity (Wildman–Crippen MR) is 127 cm³/mol. The maximum Gasteiger partial charge on any atom is 0.339 e. The molecule has 0 aliphatic rings. The van der Waals surface area contributed by atoms with Crippen LogP contribution in [0, 0.1) is 18.3 Å². The fourth-order valence-corrected chi connectivity index (χ4v) is 4.17. The molecule has 3 aromatic carbocycles. The molecule has 0 heterocycles. The molecule has 0 bridgehead atoms. The van der Waals surface area contributed by atoms with Crippen molar-refractivity contribution >= 4 is 55.3 Å². The van der Waals surface area contributed by atoms with Gasteiger partial charge in [-0.25, -0.2) is 0 Å². The number of carbonyl (C=O) groups is 1. The van der Waals surface area contributed by atoms with Gasteiger partial charge in [-0.05, 0) is 61.5 Å². The van der Waals surface area contributed by atoms with Crippen molar-refractivity contribution in [1.82, 2.24) is 0 Å². The number of rotatable bonds is 6. The molecule has 0 aliphatic carbocycles. The van der Waals surface area contributed by atoms with E-state index >= 15 is 0 Å². The average Bonchev–Trinajstić information content (AvgIpc) is 2.74. The Hall–Kier alpha value is -3.12. The van der Waals surface area contributed by atoms with Gasteiger partial charge in [0, 0.05) is 20.7 Å². The van der Waals surface area contributed by atoms with Gasteiger partial charge in [0.25, 0.3) is 5.91 Å². The maximum absolute atomic E-state index is 12.7. The Morgan fingerprint density at radius 3 is 2.50 bits per heavy atom. The number of anilines is 1. The summed E-state index contributed by atoms with van der Waals surface area (Å²) < 4.78 is 31.3. The highest BCUT2D eigenvalue weighted by Gasteiger charge is 2.19. The first kappa shape index (κ1) is 23.5. The summed E-state index contributed by atoms with van der Waals surface area (Å²) in [6.07, 6.45) is 1.25. The van der Waals surface area contributed by atoms with E-state index in [0.717, 1.165) is 5.56 Å². The number of halogens is 2. The number of amides is 1. The number of nitriles is 1. The molecule has 9 heteroatoms. The van der Waals surface area contributed by atoms with Gasteiger partial charge in [0.15, 0.2) is 0 Å². The van der Waals surface area contributed by atoms with Crippen molar-refractivity contribution in [1.29, 1.82) is 5.26 Å². The van der Waals surface area contributed by atoms with Gasteiger partial charge in [0.05, 0.1) is 0 Å². The standard InChI is InChI=1S/C23H16BrClN2O4S/c1-15-5-8-21(9-6-15)32(29,30)31-22-10-7-18(24)12-16(22)11-17(14-26)23(28)27-20-4-2-3-19(25)13-20/h2-13H,1H3,(H,27,28)/b17-11+. The molecule has 0 aromatic heterocycles. The second-order valence-corrected chi connectivity index (χ2v) is 9.57. The first-order chi connectivity index (χ1) is 15.2. The Bertz CT molecular complexity index is 1350. The molecule has 32 heavy (non-hydrogen) atoms. The number of benzene rings is 3. The molecule has 0 fully saturated rings. The topological polar surface area (TPSA) is 96.3 Å². The summed E-state index contributed by atoms with van der Waals surface area (Å²) >= 11 is 9.23. The van der Waals surface area contributed by atoms with E-state index in [9.17, 15) is 18.5 Å². The van der Waals surface area contributed by atoms with Crippen LogP contribution in [-0.4, -0.2) is 14.3 Å². The summed E-state index contributed by atoms with van der Waals surface area (Å²) in [5.41, 5.74) is 1.30. The number of hydrogen-bond acceptors (Lipinski definition) is 5. The van der Waals surface area contributed by atoms with Crippen LogP contribution in [-0.2, 0) is 14.9 Å². The van der Waals surface area contributed by atoms with Crippen LogP contribution in [0.5, 0.6) is 5.75 Å². The fraction of sp³-hybridized carbons (Fsp3) is 0.0435. The van der Waals surface area contributed by atoms with E-state index in [4.69, 9.17) is 15.8 Å². The molecule has 6 nitrogen and oxygen atoms in total. The SMILES string of the molecule is Cc1ccc(S(=O)(=O)Oc2ccc(Br)cc2/C=C(\C#N)C(=O)Nc2cccc(Cl)c2)cc1. The third-order valence-electron chi connectivity index (χ3n) is 4.23. The predicted octanol–water partition coefficient (Wildman–Crippen LogP) is 5.72. The maximum atomic E-state index is 12.7. The minimum absolute atomic E-state index is 0.0137. The highest BCUT2D eigenvalue weighted by Crippen LogP contribution is 2.29. The van der Waals surface area contributed by atoms with Crippen LogP contribution in [0.2, 0.25) is 5.02 Å². The Labute approximate surface area is 199 Å². The van der Waals surface area contributed by atoms with Crippen molar-refractivity contribution in [3.05, 3.63) is 92.9 Å². The van der Waals surface area contributed by atoms with E-state index in [1.165, 1.54) is 30.3 Å². The third kappa shape index (κ3) is 5.98. The van der Waals surface area contributed by atoms with Gasteiger partial charge in [-0.15, -0.1) is 0 Å². The zero-order chi connectivity index (χ0) is 23.3. The summed E-state index contributed by atoms with van der Waals surface area (Å²) in [7, 11) is -4.12. The zero-order valence-corrected chi connectivity index (χ0v) is 19.8. The Kier molecular flexibility index (Phi) is 7.36. The molecule has 0 spiro atoms. The second-order valence-electron chi connectivity index (χ2n) is 6.67. The van der Waals surface area contributed by atoms with Crippen molar-refractivity contribution in [3.63, 3.8) is 0 Å². The number of aryl methyl sites for hydroxylation is 1. The van der Waals surface area contributed by atoms with Crippen LogP contribution in [0.25, 0.3) is 6.08 Å². The molecule has 1 N–H and O–H groups in total. The lowest BCUT2D eigenvalue weighted by Crippen LogP contribution is -2.14. The van der Waals surface area contributed by atoms with Gasteiger partial charge in [0.1, 0.15) is 22.3 Å². The molecule has 3 rings (SSSR count). The van der Waals surface area contributed by atoms with E-state index < -0.39 is 16.0 Å². The molecular weight excluding hydrogens is 516 g/mol. The number of nitrogens with zero attached hydrogens (tertiary/aromatic N) is 1. The van der Waals surface area contributed by atoms with Gasteiger partial charge < -0.3 is 9.50 Å². The second kappa shape index (κ2) is 10.0. The highest BCUT2D eigenvalue weighted by molar-refractivity contribution is 9.10. The van der Waals surface area contributed by atoms with E-state index in [-0.39, 0.29) is 21.8 Å². The summed E-state index contributed by atoms with van der Waals surface area (Å²) in [6, 6.07) is 19.1. The highest BCUT2D eigenvalue weighted by atomic mass is 79.9. The van der Waals surface area contributed by atoms with Gasteiger partial charge in [-0.1, -0.05) is 51.3 Å². The third-order valence-corrected chi connectivity index (χ3v) is 6.21. The Balaban J connectivity index is 1.94. The number of hydrogen-bond donors (Lipinski definition) is 1. The van der Waals surface area contributed by atoms with Crippen LogP contribution < -0.4 is 9.50 Å². The zero-order valence-electron chi connectivity index (χ0n) is 16.7. The monoisotopic (exact) mass is 530 g/mol. The lowest BCUT2D eigenvalue weighted by molar-refractivity contribution is -0.112. The van der Waals surface area contributed by atoms with Crippen molar-refractivity contribution in [2.45, 2.75) is 11.8 Å². The summed E-state index contributed by atoms with van der Waals surface area (Å²) in [4.78, 5) is 12.6. The lowest BCUT2D eigenvalue weighted by Gasteiger charge is -2.11. The lowest BCUT2D eigenvalue weighted by atomic mass is 10.1. The Morgan fingerprint density at radius 1 is 1.12 bits per heavy atom. The van der Waals surface area contributed by atoms with E-state index in [0.29, 0.717) is 15.2 Å². The van der Waals surface area contributed by atoms with E-state index in [1.54, 1.807) is 42.5 Å². The summed E-state index contributed by atoms with van der Waals surface area (Å²) in [5, 5.41) is 12.5. The molecule has 0 aliphatic heterocycles. The van der Waals surface area contributed by atoms with Gasteiger partial charge in [-0.3, -0.25) is 4.79 Å². The summed E-state index contributed by atoms with van der Waals surface area (Å²) in [6.45, 7) is 1.84. The summed E-state index contributed by atoms with van der Waals surface area (Å²) in [5.74, 6) is -0.709. The van der Waals surface area contributed by atoms with Crippen molar-refractivity contribution in [2.24, 2.45) is 0 Å². The molecular formula is C23H16BrClN2O4S. The van der Waals surface area contributed by atoms with Crippen LogP contribution in [0.15, 0.2) is 81.7 Å². The average molecular weight is 532 g/mol. The molecule has 0 radical (unpaired) electrons. The molecule has 0 saturated carbocycles. The minimum atomic E-state index is -4.12. The number of carbonyl (C=O) groups excluding carboxylic acids is 1. The molecule has 0 atom stereocenters. The van der Waals surface area contributed by atoms with Crippen molar-refractivity contribution < 1.29 is 17.4 Å². The van der Waals surface area contributed by atoms with Crippen molar-refractivity contribution in [2.75, 3.05) is 5.32 Å². The normalized spacial score (nSPS) is 11.5.